The van der Waals surface area contributed by atoms with E-state index in [1.54, 1.807) is 18.2 Å². The van der Waals surface area contributed by atoms with E-state index in [0.717, 1.165) is 17.7 Å². The zero-order valence-corrected chi connectivity index (χ0v) is 19.6. The van der Waals surface area contributed by atoms with Crippen LogP contribution in [0.25, 0.3) is 0 Å². The Balaban J connectivity index is 1.43. The fraction of sp³-hybridized carbons (Fsp3) is 0.364. The van der Waals surface area contributed by atoms with Crippen LogP contribution >= 0.6 is 11.6 Å². The zero-order valence-electron chi connectivity index (χ0n) is 18.0. The van der Waals surface area contributed by atoms with Gasteiger partial charge in [0, 0.05) is 37.8 Å². The van der Waals surface area contributed by atoms with E-state index in [1.807, 2.05) is 0 Å². The molecule has 0 saturated carbocycles. The van der Waals surface area contributed by atoms with Gasteiger partial charge in [0.1, 0.15) is 10.6 Å². The van der Waals surface area contributed by atoms with Gasteiger partial charge in [-0.25, -0.2) is 8.42 Å². The molecule has 2 aliphatic heterocycles. The predicted octanol–water partition coefficient (Wildman–Crippen LogP) is 2.01. The zero-order chi connectivity index (χ0) is 23.6. The minimum atomic E-state index is -3.83. The Hall–Kier alpha value is -2.66. The number of hydrogen-bond donors (Lipinski definition) is 1. The average Bonchev–Trinajstić information content (AvgIpc) is 3.28. The molecule has 0 spiro atoms. The first-order chi connectivity index (χ1) is 15.8. The predicted molar refractivity (Wildman–Crippen MR) is 122 cm³/mol. The maximum atomic E-state index is 13.0. The van der Waals surface area contributed by atoms with E-state index < -0.39 is 15.9 Å². The third-order valence-corrected chi connectivity index (χ3v) is 7.85. The number of nitrogens with zero attached hydrogens (tertiary/aromatic N) is 2. The fourth-order valence-electron chi connectivity index (χ4n) is 3.73. The first-order valence-corrected chi connectivity index (χ1v) is 12.3. The Bertz CT molecular complexity index is 1180. The van der Waals surface area contributed by atoms with Crippen LogP contribution in [-0.4, -0.2) is 75.9 Å². The third kappa shape index (κ3) is 5.14. The van der Waals surface area contributed by atoms with Gasteiger partial charge in [0.05, 0.1) is 31.4 Å². The monoisotopic (exact) mass is 493 g/mol. The topological polar surface area (TPSA) is 105 Å². The third-order valence-electron chi connectivity index (χ3n) is 5.47. The molecule has 2 aliphatic rings. The van der Waals surface area contributed by atoms with Gasteiger partial charge < -0.3 is 19.7 Å². The lowest BCUT2D eigenvalue weighted by molar-refractivity contribution is -0.116. The summed E-state index contributed by atoms with van der Waals surface area (Å²) in [7, 11) is -2.30. The summed E-state index contributed by atoms with van der Waals surface area (Å²) in [6, 6.07) is 9.47. The van der Waals surface area contributed by atoms with Crippen LogP contribution in [0.1, 0.15) is 15.9 Å². The number of likely N-dealkylation sites (N-methyl/N-ethyl adjacent to an activating group) is 1. The van der Waals surface area contributed by atoms with Crippen molar-refractivity contribution in [2.45, 2.75) is 11.3 Å². The molecule has 2 heterocycles. The van der Waals surface area contributed by atoms with Crippen molar-refractivity contribution in [2.24, 2.45) is 0 Å². The fourth-order valence-corrected chi connectivity index (χ4v) is 5.64. The molecule has 0 aromatic heterocycles. The van der Waals surface area contributed by atoms with Crippen molar-refractivity contribution in [1.82, 2.24) is 9.21 Å². The SMILES string of the molecule is CN(CC(=O)Nc1ccc(Cl)c(S(=O)(=O)N2CCOCC2)c1)C(=O)c1ccc2c(c1)CCO2. The summed E-state index contributed by atoms with van der Waals surface area (Å²) in [6.45, 7) is 1.47. The molecule has 2 amide bonds. The van der Waals surface area contributed by atoms with Crippen LogP contribution in [0.4, 0.5) is 5.69 Å². The maximum Gasteiger partial charge on any atom is 0.254 e. The number of ether oxygens (including phenoxy) is 2. The second-order valence-electron chi connectivity index (χ2n) is 7.79. The minimum Gasteiger partial charge on any atom is -0.493 e. The van der Waals surface area contributed by atoms with E-state index in [1.165, 1.54) is 34.5 Å². The molecule has 0 radical (unpaired) electrons. The number of anilines is 1. The highest BCUT2D eigenvalue weighted by molar-refractivity contribution is 7.89. The number of fused-ring (bicyclic) bond motifs is 1. The standard InChI is InChI=1S/C22H24ClN3O6S/c1-25(22(28)16-2-5-19-15(12-16)6-9-32-19)14-21(27)24-17-3-4-18(23)20(13-17)33(29,30)26-7-10-31-11-8-26/h2-5,12-13H,6-11,14H2,1H3,(H,24,27). The van der Waals surface area contributed by atoms with Crippen LogP contribution in [-0.2, 0) is 26.0 Å². The number of morpholine rings is 1. The summed E-state index contributed by atoms with van der Waals surface area (Å²) in [5, 5.41) is 2.71. The maximum absolute atomic E-state index is 13.0. The van der Waals surface area contributed by atoms with Crippen molar-refractivity contribution in [3.8, 4) is 5.75 Å². The van der Waals surface area contributed by atoms with E-state index in [-0.39, 0.29) is 41.1 Å². The number of sulfonamides is 1. The molecular formula is C22H24ClN3O6S. The van der Waals surface area contributed by atoms with Crippen LogP contribution in [0.2, 0.25) is 5.02 Å². The largest absolute Gasteiger partial charge is 0.493 e. The van der Waals surface area contributed by atoms with Crippen LogP contribution < -0.4 is 10.1 Å². The van der Waals surface area contributed by atoms with Crippen molar-refractivity contribution in [1.29, 1.82) is 0 Å². The van der Waals surface area contributed by atoms with Crippen LogP contribution in [0, 0.1) is 0 Å². The Kier molecular flexibility index (Phi) is 6.89. The molecule has 33 heavy (non-hydrogen) atoms. The molecule has 1 fully saturated rings. The van der Waals surface area contributed by atoms with Crippen molar-refractivity contribution in [2.75, 3.05) is 51.8 Å². The summed E-state index contributed by atoms with van der Waals surface area (Å²) in [5.74, 6) is 0.0106. The van der Waals surface area contributed by atoms with Crippen molar-refractivity contribution >= 4 is 39.1 Å². The number of carbonyl (C=O) groups is 2. The Morgan fingerprint density at radius 1 is 1.12 bits per heavy atom. The lowest BCUT2D eigenvalue weighted by Gasteiger charge is -2.26. The van der Waals surface area contributed by atoms with Gasteiger partial charge in [-0.1, -0.05) is 11.6 Å². The Morgan fingerprint density at radius 2 is 1.88 bits per heavy atom. The van der Waals surface area contributed by atoms with Gasteiger partial charge in [-0.15, -0.1) is 0 Å². The molecule has 0 bridgehead atoms. The van der Waals surface area contributed by atoms with Crippen molar-refractivity contribution in [3.63, 3.8) is 0 Å². The van der Waals surface area contributed by atoms with Gasteiger partial charge in [-0.05, 0) is 42.0 Å². The summed E-state index contributed by atoms with van der Waals surface area (Å²) in [6.07, 6.45) is 0.743. The van der Waals surface area contributed by atoms with Gasteiger partial charge in [0.2, 0.25) is 15.9 Å². The van der Waals surface area contributed by atoms with Gasteiger partial charge in [-0.3, -0.25) is 9.59 Å². The number of benzene rings is 2. The van der Waals surface area contributed by atoms with Crippen molar-refractivity contribution < 1.29 is 27.5 Å². The second kappa shape index (κ2) is 9.68. The molecule has 11 heteroatoms. The lowest BCUT2D eigenvalue weighted by atomic mass is 10.1. The molecule has 1 saturated heterocycles. The summed E-state index contributed by atoms with van der Waals surface area (Å²) >= 11 is 6.16. The van der Waals surface area contributed by atoms with Gasteiger partial charge in [0.15, 0.2) is 0 Å². The average molecular weight is 494 g/mol. The molecule has 0 aliphatic carbocycles. The molecule has 1 N–H and O–H groups in total. The highest BCUT2D eigenvalue weighted by atomic mass is 35.5. The normalized spacial score (nSPS) is 16.1. The Morgan fingerprint density at radius 3 is 2.64 bits per heavy atom. The number of halogens is 1. The van der Waals surface area contributed by atoms with Gasteiger partial charge >= 0.3 is 0 Å². The molecule has 4 rings (SSSR count). The first-order valence-electron chi connectivity index (χ1n) is 10.4. The smallest absolute Gasteiger partial charge is 0.254 e. The Labute approximate surface area is 197 Å². The lowest BCUT2D eigenvalue weighted by Crippen LogP contribution is -2.40. The molecule has 2 aromatic rings. The molecule has 176 valence electrons. The number of carbonyl (C=O) groups excluding carboxylic acids is 2. The van der Waals surface area contributed by atoms with E-state index in [4.69, 9.17) is 21.1 Å². The molecule has 0 atom stereocenters. The summed E-state index contributed by atoms with van der Waals surface area (Å²) in [4.78, 5) is 26.5. The molecule has 2 aromatic carbocycles. The molecule has 0 unspecified atom stereocenters. The number of rotatable bonds is 6. The first kappa shape index (κ1) is 23.5. The van der Waals surface area contributed by atoms with E-state index in [2.05, 4.69) is 5.32 Å². The van der Waals surface area contributed by atoms with Crippen LogP contribution in [0.15, 0.2) is 41.3 Å². The van der Waals surface area contributed by atoms with E-state index >= 15 is 0 Å². The van der Waals surface area contributed by atoms with Crippen LogP contribution in [0.3, 0.4) is 0 Å². The molecule has 9 nitrogen and oxygen atoms in total. The summed E-state index contributed by atoms with van der Waals surface area (Å²) < 4.78 is 37.9. The van der Waals surface area contributed by atoms with Crippen molar-refractivity contribution in [3.05, 3.63) is 52.5 Å². The van der Waals surface area contributed by atoms with Crippen LogP contribution in [0.5, 0.6) is 5.75 Å². The van der Waals surface area contributed by atoms with Gasteiger partial charge in [0.25, 0.3) is 5.91 Å². The quantitative estimate of drug-likeness (QED) is 0.660. The minimum absolute atomic E-state index is 0.0624. The number of nitrogens with one attached hydrogen (secondary N) is 1. The van der Waals surface area contributed by atoms with E-state index in [9.17, 15) is 18.0 Å². The number of amides is 2. The highest BCUT2D eigenvalue weighted by Gasteiger charge is 2.29. The summed E-state index contributed by atoms with van der Waals surface area (Å²) in [5.41, 5.74) is 1.71. The number of hydrogen-bond acceptors (Lipinski definition) is 6. The molecular weight excluding hydrogens is 470 g/mol. The second-order valence-corrected chi connectivity index (χ2v) is 10.1. The highest BCUT2D eigenvalue weighted by Crippen LogP contribution is 2.29. The van der Waals surface area contributed by atoms with E-state index in [0.29, 0.717) is 25.4 Å². The van der Waals surface area contributed by atoms with Gasteiger partial charge in [-0.2, -0.15) is 4.31 Å².